The number of nitrogens with two attached hydrogens (primary N) is 1. The predicted octanol–water partition coefficient (Wildman–Crippen LogP) is 1.37. The normalized spacial score (nSPS) is 16.7. The first-order valence-electron chi connectivity index (χ1n) is 13.1. The third-order valence-corrected chi connectivity index (χ3v) is 7.09. The molecule has 0 bridgehead atoms. The van der Waals surface area contributed by atoms with Gasteiger partial charge in [-0.2, -0.15) is 10.2 Å². The number of nitrogen functional groups attached to an aromatic ring is 1. The van der Waals surface area contributed by atoms with Crippen LogP contribution in [0, 0.1) is 5.82 Å². The highest BCUT2D eigenvalue weighted by atomic mass is 19.1. The van der Waals surface area contributed by atoms with Crippen molar-refractivity contribution in [3.05, 3.63) is 84.1 Å². The molecule has 5 aromatic rings. The molecule has 3 aromatic heterocycles. The second-order valence-electron chi connectivity index (χ2n) is 9.96. The van der Waals surface area contributed by atoms with E-state index >= 15 is 0 Å². The number of para-hydroxylation sites is 1. The Morgan fingerprint density at radius 2 is 2.05 bits per heavy atom. The van der Waals surface area contributed by atoms with Crippen LogP contribution in [0.2, 0.25) is 0 Å². The van der Waals surface area contributed by atoms with E-state index in [4.69, 9.17) is 15.0 Å². The maximum atomic E-state index is 15.0. The second-order valence-corrected chi connectivity index (χ2v) is 9.96. The lowest BCUT2D eigenvalue weighted by Gasteiger charge is -2.40. The Balaban J connectivity index is 1.31. The van der Waals surface area contributed by atoms with Gasteiger partial charge in [0.15, 0.2) is 23.3 Å². The molecule has 1 unspecified atom stereocenters. The number of nitrogens with zero attached hydrogens (tertiary/aromatic N) is 6. The number of carbonyl (C=O) groups is 2. The van der Waals surface area contributed by atoms with Gasteiger partial charge in [-0.05, 0) is 35.9 Å². The van der Waals surface area contributed by atoms with Gasteiger partial charge in [-0.25, -0.2) is 9.07 Å². The van der Waals surface area contributed by atoms with Gasteiger partial charge >= 0.3 is 0 Å². The number of aromatic hydroxyl groups is 1. The van der Waals surface area contributed by atoms with E-state index in [1.54, 1.807) is 30.5 Å². The maximum absolute atomic E-state index is 15.0. The van der Waals surface area contributed by atoms with Gasteiger partial charge in [-0.15, -0.1) is 5.10 Å². The summed E-state index contributed by atoms with van der Waals surface area (Å²) in [4.78, 5) is 28.2. The molecule has 0 spiro atoms. The summed E-state index contributed by atoms with van der Waals surface area (Å²) in [6.45, 7) is -0.333. The van der Waals surface area contributed by atoms with Crippen molar-refractivity contribution in [3.63, 3.8) is 0 Å². The Labute approximate surface area is 242 Å². The van der Waals surface area contributed by atoms with Crippen molar-refractivity contribution in [1.82, 2.24) is 30.5 Å². The number of carbonyl (C=O) groups excluding carboxylic acids is 2. The smallest absolute Gasteiger partial charge is 0.260 e. The number of aromatic nitrogens is 5. The Bertz CT molecular complexity index is 1810. The van der Waals surface area contributed by atoms with Crippen LogP contribution in [0.4, 0.5) is 16.0 Å². The Morgan fingerprint density at radius 3 is 2.84 bits per heavy atom. The molecule has 4 heterocycles. The fourth-order valence-corrected chi connectivity index (χ4v) is 5.02. The van der Waals surface area contributed by atoms with Crippen LogP contribution in [-0.4, -0.2) is 78.6 Å². The van der Waals surface area contributed by atoms with Crippen molar-refractivity contribution in [2.75, 3.05) is 30.3 Å². The highest BCUT2D eigenvalue weighted by molar-refractivity contribution is 5.98. The van der Waals surface area contributed by atoms with Crippen molar-refractivity contribution < 1.29 is 33.5 Å². The number of rotatable bonds is 8. The fraction of sp³-hybridized carbons (Fsp3) is 0.214. The molecule has 2 amide bonds. The number of amides is 2. The first kappa shape index (κ1) is 27.7. The van der Waals surface area contributed by atoms with Gasteiger partial charge < -0.3 is 30.5 Å². The Kier molecular flexibility index (Phi) is 7.17. The average molecular weight is 589 g/mol. The molecule has 2 atom stereocenters. The highest BCUT2D eigenvalue weighted by Crippen LogP contribution is 2.31. The largest absolute Gasteiger partial charge is 0.507 e. The monoisotopic (exact) mass is 588 g/mol. The zero-order chi connectivity index (χ0) is 30.1. The van der Waals surface area contributed by atoms with Gasteiger partial charge in [-0.3, -0.25) is 14.5 Å². The number of aliphatic hydroxyl groups is 1. The molecular formula is C28H25FN8O6. The average Bonchev–Trinajstić information content (AvgIpc) is 3.64. The van der Waals surface area contributed by atoms with Crippen molar-refractivity contribution in [2.45, 2.75) is 18.1 Å². The van der Waals surface area contributed by atoms with E-state index in [-0.39, 0.29) is 53.2 Å². The van der Waals surface area contributed by atoms with Crippen LogP contribution in [-0.2, 0) is 16.0 Å². The summed E-state index contributed by atoms with van der Waals surface area (Å²) in [6.07, 6.45) is 2.80. The van der Waals surface area contributed by atoms with Crippen molar-refractivity contribution in [3.8, 4) is 11.4 Å². The SMILES string of the molecule is Nc1noc2cc(CC(O)(CNC(=O)c3ccccc3O)[C@H]3OCCN(c4ccn(-c5ccnnc5)n4)C3=O)cc(F)c12. The van der Waals surface area contributed by atoms with Crippen LogP contribution in [0.25, 0.3) is 16.7 Å². The number of phenolic OH excluding ortho intramolecular Hbond substituents is 1. The standard InChI is InChI=1S/C28H25FN8O6/c29-19-11-16(12-21-23(19)25(30)35-43-21)13-28(41,15-31-26(39)18-3-1-2-4-20(18)38)24-27(40)36(9-10-42-24)22-6-8-37(34-22)17-5-7-32-33-14-17/h1-8,11-12,14,24,38,41H,9-10,13,15H2,(H2,30,35)(H,31,39)/t24-,28?/m0/s1. The zero-order valence-electron chi connectivity index (χ0n) is 22.4. The van der Waals surface area contributed by atoms with Crippen molar-refractivity contribution in [1.29, 1.82) is 0 Å². The Morgan fingerprint density at radius 1 is 1.21 bits per heavy atom. The highest BCUT2D eigenvalue weighted by Gasteiger charge is 2.47. The maximum Gasteiger partial charge on any atom is 0.260 e. The van der Waals surface area contributed by atoms with E-state index in [0.717, 1.165) is 6.07 Å². The third kappa shape index (κ3) is 5.33. The van der Waals surface area contributed by atoms with Crippen LogP contribution < -0.4 is 16.0 Å². The molecule has 5 N–H and O–H groups in total. The molecule has 0 radical (unpaired) electrons. The quantitative estimate of drug-likeness (QED) is 0.204. The van der Waals surface area contributed by atoms with E-state index in [9.17, 15) is 24.2 Å². The summed E-state index contributed by atoms with van der Waals surface area (Å²) < 4.78 is 27.4. The van der Waals surface area contributed by atoms with Crippen LogP contribution in [0.15, 0.2) is 71.6 Å². The molecule has 1 saturated heterocycles. The predicted molar refractivity (Wildman–Crippen MR) is 149 cm³/mol. The van der Waals surface area contributed by atoms with Gasteiger partial charge in [0, 0.05) is 18.7 Å². The summed E-state index contributed by atoms with van der Waals surface area (Å²) in [6, 6.07) is 11.8. The molecule has 1 aliphatic heterocycles. The number of halogens is 1. The number of morpholine rings is 1. The van der Waals surface area contributed by atoms with E-state index in [1.165, 1.54) is 40.2 Å². The molecule has 0 saturated carbocycles. The van der Waals surface area contributed by atoms with Crippen LogP contribution in [0.5, 0.6) is 5.75 Å². The van der Waals surface area contributed by atoms with E-state index < -0.39 is 35.9 Å². The number of fused-ring (bicyclic) bond motifs is 1. The first-order chi connectivity index (χ1) is 20.7. The number of benzene rings is 2. The minimum Gasteiger partial charge on any atom is -0.507 e. The molecule has 0 aliphatic carbocycles. The number of phenols is 1. The van der Waals surface area contributed by atoms with Crippen molar-refractivity contribution >= 4 is 34.4 Å². The van der Waals surface area contributed by atoms with Gasteiger partial charge in [0.1, 0.15) is 22.6 Å². The molecule has 15 heteroatoms. The molecule has 43 heavy (non-hydrogen) atoms. The lowest BCUT2D eigenvalue weighted by atomic mass is 9.86. The molecule has 1 aliphatic rings. The minimum atomic E-state index is -2.10. The number of hydrogen-bond acceptors (Lipinski definition) is 11. The molecular weight excluding hydrogens is 563 g/mol. The molecule has 1 fully saturated rings. The second kappa shape index (κ2) is 11.1. The number of nitrogens with one attached hydrogen (secondary N) is 1. The fourth-order valence-electron chi connectivity index (χ4n) is 5.02. The van der Waals surface area contributed by atoms with Gasteiger partial charge in [0.2, 0.25) is 0 Å². The molecule has 6 rings (SSSR count). The number of anilines is 2. The summed E-state index contributed by atoms with van der Waals surface area (Å²) in [7, 11) is 0. The van der Waals surface area contributed by atoms with Gasteiger partial charge in [0.05, 0.1) is 43.3 Å². The van der Waals surface area contributed by atoms with E-state index in [1.807, 2.05) is 0 Å². The number of hydrogen-bond donors (Lipinski definition) is 4. The minimum absolute atomic E-state index is 0.0173. The Hall–Kier alpha value is -5.41. The third-order valence-electron chi connectivity index (χ3n) is 7.09. The first-order valence-corrected chi connectivity index (χ1v) is 13.1. The molecule has 2 aromatic carbocycles. The number of ether oxygens (including phenoxy) is 1. The summed E-state index contributed by atoms with van der Waals surface area (Å²) in [5.74, 6) is -2.18. The van der Waals surface area contributed by atoms with Gasteiger partial charge in [-0.1, -0.05) is 17.3 Å². The lowest BCUT2D eigenvalue weighted by Crippen LogP contribution is -2.63. The van der Waals surface area contributed by atoms with E-state index in [2.05, 4.69) is 25.8 Å². The summed E-state index contributed by atoms with van der Waals surface area (Å²) in [5.41, 5.74) is 4.45. The summed E-state index contributed by atoms with van der Waals surface area (Å²) >= 11 is 0. The van der Waals surface area contributed by atoms with Crippen LogP contribution >= 0.6 is 0 Å². The van der Waals surface area contributed by atoms with E-state index in [0.29, 0.717) is 11.5 Å². The molecule has 220 valence electrons. The summed E-state index contributed by atoms with van der Waals surface area (Å²) in [5, 5.41) is 40.4. The zero-order valence-corrected chi connectivity index (χ0v) is 22.4. The van der Waals surface area contributed by atoms with Crippen LogP contribution in [0.1, 0.15) is 15.9 Å². The lowest BCUT2D eigenvalue weighted by molar-refractivity contribution is -0.157. The molecule has 14 nitrogen and oxygen atoms in total. The van der Waals surface area contributed by atoms with Crippen LogP contribution in [0.3, 0.4) is 0 Å². The van der Waals surface area contributed by atoms with Crippen molar-refractivity contribution in [2.24, 2.45) is 0 Å². The van der Waals surface area contributed by atoms with Gasteiger partial charge in [0.25, 0.3) is 11.8 Å². The topological polar surface area (TPSA) is 195 Å².